The molecule has 0 aliphatic heterocycles. The maximum Gasteiger partial charge on any atom is 0.407 e. The second kappa shape index (κ2) is 8.44. The molecule has 2 amide bonds. The monoisotopic (exact) mass is 425 g/mol. The lowest BCUT2D eigenvalue weighted by atomic mass is 10.1. The molecule has 2 N–H and O–H groups in total. The third-order valence-electron chi connectivity index (χ3n) is 2.95. The van der Waals surface area contributed by atoms with E-state index < -0.39 is 11.7 Å². The van der Waals surface area contributed by atoms with E-state index in [-0.39, 0.29) is 19.0 Å². The minimum Gasteiger partial charge on any atom is -0.444 e. The first-order valence-electron chi connectivity index (χ1n) is 7.71. The number of aromatic nitrogens is 1. The van der Waals surface area contributed by atoms with E-state index in [0.29, 0.717) is 5.69 Å². The summed E-state index contributed by atoms with van der Waals surface area (Å²) < 4.78 is 6.06. The highest BCUT2D eigenvalue weighted by molar-refractivity contribution is 9.10. The normalized spacial score (nSPS) is 11.0. The number of ether oxygens (including phenoxy) is 1. The number of nitrogens with one attached hydrogen (secondary N) is 2. The first-order chi connectivity index (χ1) is 11.8. The fourth-order valence-electron chi connectivity index (χ4n) is 1.98. The molecule has 0 radical (unpaired) electrons. The molecule has 0 unspecified atom stereocenters. The summed E-state index contributed by atoms with van der Waals surface area (Å²) >= 11 is 4.83. The minimum atomic E-state index is -0.549. The second-order valence-corrected chi connectivity index (χ2v) is 8.00. The summed E-state index contributed by atoms with van der Waals surface area (Å²) in [7, 11) is 0. The summed E-state index contributed by atoms with van der Waals surface area (Å²) in [6, 6.07) is 7.70. The Morgan fingerprint density at radius 3 is 2.64 bits per heavy atom. The molecule has 2 aromatic rings. The number of hydrogen-bond acceptors (Lipinski definition) is 5. The Kier molecular flexibility index (Phi) is 6.55. The summed E-state index contributed by atoms with van der Waals surface area (Å²) in [4.78, 5) is 28.8. The lowest BCUT2D eigenvalue weighted by Crippen LogP contribution is -2.38. The number of carbonyl (C=O) groups excluding carboxylic acids is 2. The molecule has 1 heterocycles. The van der Waals surface area contributed by atoms with Crippen LogP contribution in [0.25, 0.3) is 10.4 Å². The maximum absolute atomic E-state index is 12.3. The molecule has 0 spiro atoms. The van der Waals surface area contributed by atoms with Crippen molar-refractivity contribution in [1.82, 2.24) is 15.6 Å². The summed E-state index contributed by atoms with van der Waals surface area (Å²) in [5, 5.41) is 5.35. The number of halogens is 1. The maximum atomic E-state index is 12.3. The van der Waals surface area contributed by atoms with Crippen LogP contribution in [0.15, 0.2) is 34.2 Å². The van der Waals surface area contributed by atoms with Crippen LogP contribution >= 0.6 is 27.3 Å². The molecule has 8 heteroatoms. The number of nitrogens with zero attached hydrogens (tertiary/aromatic N) is 1. The molecule has 1 aromatic heterocycles. The fraction of sp³-hybridized carbons (Fsp3) is 0.353. The summed E-state index contributed by atoms with van der Waals surface area (Å²) in [5.41, 5.74) is 2.39. The van der Waals surface area contributed by atoms with E-state index in [4.69, 9.17) is 4.74 Å². The SMILES string of the molecule is CC(C)(C)OC(=O)NCCNC(=O)c1ncsc1-c1cccc(Br)c1. The van der Waals surface area contributed by atoms with Crippen molar-refractivity contribution < 1.29 is 14.3 Å². The molecule has 0 fully saturated rings. The molecule has 0 bridgehead atoms. The molecule has 134 valence electrons. The highest BCUT2D eigenvalue weighted by atomic mass is 79.9. The van der Waals surface area contributed by atoms with E-state index in [1.165, 1.54) is 11.3 Å². The van der Waals surface area contributed by atoms with Gasteiger partial charge in [0.05, 0.1) is 10.4 Å². The van der Waals surface area contributed by atoms with Crippen molar-refractivity contribution in [3.8, 4) is 10.4 Å². The van der Waals surface area contributed by atoms with Gasteiger partial charge in [-0.1, -0.05) is 28.1 Å². The number of alkyl carbamates (subject to hydrolysis) is 1. The molecule has 0 saturated carbocycles. The van der Waals surface area contributed by atoms with Gasteiger partial charge in [0, 0.05) is 17.6 Å². The van der Waals surface area contributed by atoms with Crippen molar-refractivity contribution in [2.24, 2.45) is 0 Å². The van der Waals surface area contributed by atoms with Crippen molar-refractivity contribution in [1.29, 1.82) is 0 Å². The van der Waals surface area contributed by atoms with Gasteiger partial charge in [0.15, 0.2) is 0 Å². The number of amides is 2. The van der Waals surface area contributed by atoms with Gasteiger partial charge in [0.2, 0.25) is 0 Å². The number of carbonyl (C=O) groups is 2. The van der Waals surface area contributed by atoms with Crippen LogP contribution < -0.4 is 10.6 Å². The predicted molar refractivity (Wildman–Crippen MR) is 102 cm³/mol. The van der Waals surface area contributed by atoms with E-state index in [1.54, 1.807) is 26.3 Å². The van der Waals surface area contributed by atoms with Gasteiger partial charge in [-0.15, -0.1) is 11.3 Å². The van der Waals surface area contributed by atoms with Crippen LogP contribution in [0.5, 0.6) is 0 Å². The summed E-state index contributed by atoms with van der Waals surface area (Å²) in [5.74, 6) is -0.276. The van der Waals surface area contributed by atoms with Gasteiger partial charge in [-0.3, -0.25) is 4.79 Å². The zero-order valence-electron chi connectivity index (χ0n) is 14.3. The topological polar surface area (TPSA) is 80.3 Å². The van der Waals surface area contributed by atoms with E-state index >= 15 is 0 Å². The Hall–Kier alpha value is -1.93. The average Bonchev–Trinajstić information content (AvgIpc) is 2.99. The van der Waals surface area contributed by atoms with Crippen LogP contribution in [0.3, 0.4) is 0 Å². The lowest BCUT2D eigenvalue weighted by Gasteiger charge is -2.19. The number of thiazole rings is 1. The quantitative estimate of drug-likeness (QED) is 0.713. The molecule has 0 aliphatic carbocycles. The minimum absolute atomic E-state index is 0.275. The largest absolute Gasteiger partial charge is 0.444 e. The number of rotatable bonds is 5. The van der Waals surface area contributed by atoms with Crippen LogP contribution in [0.1, 0.15) is 31.3 Å². The Morgan fingerprint density at radius 2 is 1.96 bits per heavy atom. The van der Waals surface area contributed by atoms with Crippen molar-refractivity contribution >= 4 is 39.3 Å². The first kappa shape index (κ1) is 19.4. The van der Waals surface area contributed by atoms with E-state index in [2.05, 4.69) is 31.5 Å². The van der Waals surface area contributed by atoms with Crippen LogP contribution in [0.4, 0.5) is 4.79 Å². The predicted octanol–water partition coefficient (Wildman–Crippen LogP) is 3.83. The van der Waals surface area contributed by atoms with Gasteiger partial charge in [-0.25, -0.2) is 9.78 Å². The number of benzene rings is 1. The highest BCUT2D eigenvalue weighted by Crippen LogP contribution is 2.29. The second-order valence-electron chi connectivity index (χ2n) is 6.23. The molecule has 0 saturated heterocycles. The van der Waals surface area contributed by atoms with E-state index in [9.17, 15) is 9.59 Å². The van der Waals surface area contributed by atoms with Crippen molar-refractivity contribution in [2.45, 2.75) is 26.4 Å². The van der Waals surface area contributed by atoms with Gasteiger partial charge >= 0.3 is 6.09 Å². The van der Waals surface area contributed by atoms with Crippen LogP contribution in [0, 0.1) is 0 Å². The van der Waals surface area contributed by atoms with Crippen molar-refractivity contribution in [3.63, 3.8) is 0 Å². The highest BCUT2D eigenvalue weighted by Gasteiger charge is 2.17. The Balaban J connectivity index is 1.88. The first-order valence-corrected chi connectivity index (χ1v) is 9.38. The summed E-state index contributed by atoms with van der Waals surface area (Å²) in [6.45, 7) is 5.94. The van der Waals surface area contributed by atoms with Crippen LogP contribution in [-0.2, 0) is 4.74 Å². The number of hydrogen-bond donors (Lipinski definition) is 2. The smallest absolute Gasteiger partial charge is 0.407 e. The third-order valence-corrected chi connectivity index (χ3v) is 4.32. The molecule has 0 aliphatic rings. The Labute approximate surface area is 159 Å². The Bertz CT molecular complexity index is 756. The molecule has 0 atom stereocenters. The van der Waals surface area contributed by atoms with E-state index in [1.807, 2.05) is 24.3 Å². The standard InChI is InChI=1S/C17H20BrN3O3S/c1-17(2,3)24-16(23)20-8-7-19-15(22)13-14(25-10-21-13)11-5-4-6-12(18)9-11/h4-6,9-10H,7-8H2,1-3H3,(H,19,22)(H,20,23). The summed E-state index contributed by atoms with van der Waals surface area (Å²) in [6.07, 6.45) is -0.509. The van der Waals surface area contributed by atoms with Gasteiger partial charge < -0.3 is 15.4 Å². The van der Waals surface area contributed by atoms with E-state index in [0.717, 1.165) is 14.9 Å². The van der Waals surface area contributed by atoms with Gasteiger partial charge in [-0.05, 0) is 38.5 Å². The molecular weight excluding hydrogens is 406 g/mol. The van der Waals surface area contributed by atoms with Gasteiger partial charge in [-0.2, -0.15) is 0 Å². The average molecular weight is 426 g/mol. The molecular formula is C17H20BrN3O3S. The van der Waals surface area contributed by atoms with Gasteiger partial charge in [0.1, 0.15) is 11.3 Å². The zero-order valence-corrected chi connectivity index (χ0v) is 16.7. The molecule has 2 rings (SSSR count). The van der Waals surface area contributed by atoms with Gasteiger partial charge in [0.25, 0.3) is 5.91 Å². The van der Waals surface area contributed by atoms with Crippen LogP contribution in [0.2, 0.25) is 0 Å². The fourth-order valence-corrected chi connectivity index (χ4v) is 3.16. The Morgan fingerprint density at radius 1 is 1.24 bits per heavy atom. The molecule has 25 heavy (non-hydrogen) atoms. The zero-order chi connectivity index (χ0) is 18.4. The third kappa shape index (κ3) is 6.13. The lowest BCUT2D eigenvalue weighted by molar-refractivity contribution is 0.0526. The molecule has 1 aromatic carbocycles. The van der Waals surface area contributed by atoms with Crippen molar-refractivity contribution in [2.75, 3.05) is 13.1 Å². The van der Waals surface area contributed by atoms with Crippen molar-refractivity contribution in [3.05, 3.63) is 39.9 Å². The van der Waals surface area contributed by atoms with Crippen LogP contribution in [-0.4, -0.2) is 35.7 Å². The molecule has 6 nitrogen and oxygen atoms in total.